The smallest absolute Gasteiger partial charge is 0.343 e. The fourth-order valence-corrected chi connectivity index (χ4v) is 3.84. The summed E-state index contributed by atoms with van der Waals surface area (Å²) in [5, 5.41) is 10.8. The number of anilines is 1. The molecule has 0 radical (unpaired) electrons. The highest BCUT2D eigenvalue weighted by molar-refractivity contribution is 7.92. The van der Waals surface area contributed by atoms with E-state index < -0.39 is 31.6 Å². The van der Waals surface area contributed by atoms with Crippen LogP contribution in [0.15, 0.2) is 77.7 Å². The van der Waals surface area contributed by atoms with Crippen LogP contribution in [0.25, 0.3) is 0 Å². The minimum Gasteiger partial charge on any atom is -0.423 e. The molecule has 0 saturated heterocycles. The van der Waals surface area contributed by atoms with Crippen molar-refractivity contribution in [3.63, 3.8) is 0 Å². The van der Waals surface area contributed by atoms with Gasteiger partial charge in [0.25, 0.3) is 15.7 Å². The van der Waals surface area contributed by atoms with E-state index in [1.54, 1.807) is 0 Å². The van der Waals surface area contributed by atoms with Gasteiger partial charge in [-0.1, -0.05) is 18.2 Å². The first-order chi connectivity index (χ1) is 14.2. The summed E-state index contributed by atoms with van der Waals surface area (Å²) in [5.41, 5.74) is -0.0410. The number of nitrogens with zero attached hydrogens (tertiary/aromatic N) is 2. The monoisotopic (exact) mass is 430 g/mol. The van der Waals surface area contributed by atoms with Crippen molar-refractivity contribution in [2.75, 3.05) is 11.4 Å². The number of esters is 1. The number of non-ortho nitro benzene ring substituents is 1. The van der Waals surface area contributed by atoms with Crippen LogP contribution in [0.2, 0.25) is 0 Å². The highest BCUT2D eigenvalue weighted by Gasteiger charge is 2.24. The average molecular weight is 430 g/mol. The van der Waals surface area contributed by atoms with Gasteiger partial charge < -0.3 is 4.74 Å². The zero-order valence-electron chi connectivity index (χ0n) is 15.6. The lowest BCUT2D eigenvalue weighted by molar-refractivity contribution is -0.384. The first kappa shape index (κ1) is 20.9. The van der Waals surface area contributed by atoms with Gasteiger partial charge in [-0.25, -0.2) is 17.6 Å². The first-order valence-electron chi connectivity index (χ1n) is 8.50. The molecule has 0 atom stereocenters. The third-order valence-corrected chi connectivity index (χ3v) is 6.00. The molecule has 0 spiro atoms. The molecular weight excluding hydrogens is 415 g/mol. The van der Waals surface area contributed by atoms with E-state index in [0.717, 1.165) is 22.5 Å². The van der Waals surface area contributed by atoms with Crippen molar-refractivity contribution in [3.05, 3.63) is 94.3 Å². The number of hydrogen-bond acceptors (Lipinski definition) is 6. The third-order valence-electron chi connectivity index (χ3n) is 4.18. The molecule has 0 heterocycles. The van der Waals surface area contributed by atoms with Crippen molar-refractivity contribution in [1.29, 1.82) is 0 Å². The molecule has 3 aromatic carbocycles. The van der Waals surface area contributed by atoms with Crippen LogP contribution in [0.1, 0.15) is 10.4 Å². The van der Waals surface area contributed by atoms with E-state index in [1.165, 1.54) is 61.6 Å². The topological polar surface area (TPSA) is 107 Å². The van der Waals surface area contributed by atoms with E-state index in [-0.39, 0.29) is 22.7 Å². The van der Waals surface area contributed by atoms with E-state index in [2.05, 4.69) is 0 Å². The second kappa shape index (κ2) is 8.29. The van der Waals surface area contributed by atoms with Crippen molar-refractivity contribution in [2.24, 2.45) is 0 Å². The van der Waals surface area contributed by atoms with Crippen LogP contribution in [0.3, 0.4) is 0 Å². The van der Waals surface area contributed by atoms with Crippen LogP contribution in [0.4, 0.5) is 15.8 Å². The Labute approximate surface area is 171 Å². The van der Waals surface area contributed by atoms with Crippen LogP contribution >= 0.6 is 0 Å². The molecule has 0 amide bonds. The van der Waals surface area contributed by atoms with Gasteiger partial charge in [-0.2, -0.15) is 0 Å². The number of sulfonamides is 1. The first-order valence-corrected chi connectivity index (χ1v) is 9.94. The summed E-state index contributed by atoms with van der Waals surface area (Å²) in [6.07, 6.45) is 0. The highest BCUT2D eigenvalue weighted by Crippen LogP contribution is 2.26. The molecule has 0 bridgehead atoms. The fraction of sp³-hybridized carbons (Fsp3) is 0.0500. The number of benzene rings is 3. The minimum atomic E-state index is -4.13. The Bertz CT molecular complexity index is 1210. The summed E-state index contributed by atoms with van der Waals surface area (Å²) in [5.74, 6) is -1.57. The van der Waals surface area contributed by atoms with Gasteiger partial charge >= 0.3 is 5.97 Å². The fourth-order valence-electron chi connectivity index (χ4n) is 2.58. The van der Waals surface area contributed by atoms with Gasteiger partial charge in [-0.15, -0.1) is 0 Å². The zero-order valence-corrected chi connectivity index (χ0v) is 16.4. The summed E-state index contributed by atoms with van der Waals surface area (Å²) >= 11 is 0. The molecule has 0 aliphatic carbocycles. The van der Waals surface area contributed by atoms with Gasteiger partial charge in [0, 0.05) is 19.2 Å². The molecule has 0 aliphatic rings. The predicted octanol–water partition coefficient (Wildman–Crippen LogP) is 3.78. The van der Waals surface area contributed by atoms with Gasteiger partial charge in [0.2, 0.25) is 0 Å². The largest absolute Gasteiger partial charge is 0.423 e. The summed E-state index contributed by atoms with van der Waals surface area (Å²) in [4.78, 5) is 21.9. The number of hydrogen-bond donors (Lipinski definition) is 0. The molecule has 0 unspecified atom stereocenters. The maximum absolute atomic E-state index is 13.9. The molecule has 0 aliphatic heterocycles. The van der Waals surface area contributed by atoms with Crippen molar-refractivity contribution in [2.45, 2.75) is 4.90 Å². The Morgan fingerprint density at radius 3 is 2.33 bits per heavy atom. The van der Waals surface area contributed by atoms with Gasteiger partial charge in [0.15, 0.2) is 0 Å². The third kappa shape index (κ3) is 4.28. The summed E-state index contributed by atoms with van der Waals surface area (Å²) in [6, 6.07) is 15.6. The van der Waals surface area contributed by atoms with Gasteiger partial charge in [0.1, 0.15) is 16.5 Å². The number of nitro benzene ring substituents is 1. The van der Waals surface area contributed by atoms with Gasteiger partial charge in [-0.3, -0.25) is 14.4 Å². The average Bonchev–Trinajstić information content (AvgIpc) is 2.74. The minimum absolute atomic E-state index is 0.00692. The number of carbonyl (C=O) groups is 1. The van der Waals surface area contributed by atoms with Crippen molar-refractivity contribution in [1.82, 2.24) is 0 Å². The number of nitro groups is 1. The molecule has 0 N–H and O–H groups in total. The van der Waals surface area contributed by atoms with Crippen LogP contribution in [0, 0.1) is 15.9 Å². The maximum atomic E-state index is 13.9. The zero-order chi connectivity index (χ0) is 21.9. The van der Waals surface area contributed by atoms with E-state index in [4.69, 9.17) is 4.74 Å². The van der Waals surface area contributed by atoms with E-state index >= 15 is 0 Å². The summed E-state index contributed by atoms with van der Waals surface area (Å²) < 4.78 is 45.2. The molecular formula is C20H15FN2O6S. The second-order valence-corrected chi connectivity index (χ2v) is 8.03. The molecule has 10 heteroatoms. The van der Waals surface area contributed by atoms with E-state index in [1.807, 2.05) is 0 Å². The quantitative estimate of drug-likeness (QED) is 0.255. The van der Waals surface area contributed by atoms with Crippen LogP contribution < -0.4 is 9.04 Å². The molecule has 0 saturated carbocycles. The molecule has 0 aromatic heterocycles. The molecule has 154 valence electrons. The van der Waals surface area contributed by atoms with Crippen molar-refractivity contribution < 1.29 is 27.3 Å². The number of rotatable bonds is 6. The van der Waals surface area contributed by atoms with E-state index in [0.29, 0.717) is 0 Å². The molecule has 0 fully saturated rings. The lowest BCUT2D eigenvalue weighted by Crippen LogP contribution is -2.27. The molecule has 30 heavy (non-hydrogen) atoms. The normalized spacial score (nSPS) is 11.0. The summed E-state index contributed by atoms with van der Waals surface area (Å²) in [6.45, 7) is 0. The molecule has 3 aromatic rings. The van der Waals surface area contributed by atoms with Gasteiger partial charge in [-0.05, 0) is 42.5 Å². The predicted molar refractivity (Wildman–Crippen MR) is 106 cm³/mol. The van der Waals surface area contributed by atoms with Crippen molar-refractivity contribution in [3.8, 4) is 5.75 Å². The number of halogens is 1. The SMILES string of the molecule is CN(c1ccc(OC(=O)c2cccc([N+](=O)[O-])c2)cc1)S(=O)(=O)c1ccccc1F. The lowest BCUT2D eigenvalue weighted by Gasteiger charge is -2.20. The molecule has 3 rings (SSSR count). The van der Waals surface area contributed by atoms with Crippen LogP contribution in [-0.2, 0) is 10.0 Å². The maximum Gasteiger partial charge on any atom is 0.343 e. The number of carbonyl (C=O) groups excluding carboxylic acids is 1. The number of ether oxygens (including phenoxy) is 1. The van der Waals surface area contributed by atoms with Crippen LogP contribution in [0.5, 0.6) is 5.75 Å². The standard InChI is InChI=1S/C20H15FN2O6S/c1-22(30(27,28)19-8-3-2-7-18(19)21)15-9-11-17(12-10-15)29-20(24)14-5-4-6-16(13-14)23(25)26/h2-13H,1H3. The Morgan fingerprint density at radius 1 is 1.03 bits per heavy atom. The Kier molecular flexibility index (Phi) is 5.79. The van der Waals surface area contributed by atoms with E-state index in [9.17, 15) is 27.7 Å². The van der Waals surface area contributed by atoms with Crippen molar-refractivity contribution >= 4 is 27.4 Å². The lowest BCUT2D eigenvalue weighted by atomic mass is 10.2. The second-order valence-electron chi connectivity index (χ2n) is 6.09. The Hall–Kier alpha value is -3.79. The molecule has 8 nitrogen and oxygen atoms in total. The van der Waals surface area contributed by atoms with Gasteiger partial charge in [0.05, 0.1) is 16.2 Å². The highest BCUT2D eigenvalue weighted by atomic mass is 32.2. The summed E-state index contributed by atoms with van der Waals surface area (Å²) in [7, 11) is -2.86. The Morgan fingerprint density at radius 2 is 1.70 bits per heavy atom. The Balaban J connectivity index is 1.78. The van der Waals surface area contributed by atoms with Crippen LogP contribution in [-0.4, -0.2) is 26.4 Å².